The summed E-state index contributed by atoms with van der Waals surface area (Å²) in [6, 6.07) is 45.8. The van der Waals surface area contributed by atoms with Crippen LogP contribution in [-0.2, 0) is 16.2 Å². The molecular weight excluding hydrogens is 805 g/mol. The highest BCUT2D eigenvalue weighted by Crippen LogP contribution is 2.53. The molecule has 320 valence electrons. The third-order valence-corrected chi connectivity index (χ3v) is 14.2. The van der Waals surface area contributed by atoms with E-state index < -0.39 is 0 Å². The lowest BCUT2D eigenvalue weighted by atomic mass is 9.78. The highest BCUT2D eigenvalue weighted by Gasteiger charge is 2.38. The van der Waals surface area contributed by atoms with Crippen molar-refractivity contribution in [2.24, 2.45) is 0 Å². The summed E-state index contributed by atoms with van der Waals surface area (Å²) in [4.78, 5) is 9.81. The number of aryl methyl sites for hydroxylation is 1. The summed E-state index contributed by atoms with van der Waals surface area (Å²) < 4.78 is 18.6. The Balaban J connectivity index is 1.03. The van der Waals surface area contributed by atoms with E-state index in [2.05, 4.69) is 199 Å². The molecular formula is C57H54N4O2S. The van der Waals surface area contributed by atoms with E-state index in [-0.39, 0.29) is 16.2 Å². The number of nitrogens with zero attached hydrogens (tertiary/aromatic N) is 4. The monoisotopic (exact) mass is 858 g/mol. The Morgan fingerprint density at radius 3 is 2.11 bits per heavy atom. The normalized spacial score (nSPS) is 13.7. The summed E-state index contributed by atoms with van der Waals surface area (Å²) >= 11 is 1.84. The van der Waals surface area contributed by atoms with Crippen LogP contribution in [-0.4, -0.2) is 16.2 Å². The van der Waals surface area contributed by atoms with Crippen molar-refractivity contribution < 1.29 is 9.15 Å². The fraction of sp³-hybridized carbons (Fsp3) is 0.246. The van der Waals surface area contributed by atoms with Gasteiger partial charge in [-0.05, 0) is 106 Å². The summed E-state index contributed by atoms with van der Waals surface area (Å²) in [5, 5.41) is 5.96. The summed E-state index contributed by atoms with van der Waals surface area (Å²) in [7, 11) is 0. The van der Waals surface area contributed by atoms with E-state index in [1.165, 1.54) is 59.0 Å². The maximum absolute atomic E-state index is 6.90. The Morgan fingerprint density at radius 2 is 1.33 bits per heavy atom. The summed E-state index contributed by atoms with van der Waals surface area (Å²) in [5.41, 5.74) is 11.4. The Morgan fingerprint density at radius 1 is 0.594 bits per heavy atom. The first-order valence-corrected chi connectivity index (χ1v) is 23.2. The minimum atomic E-state index is -0.101. The number of thiophene rings is 1. The number of benzene rings is 6. The SMILES string of the molecule is Cc1cc(C(C)(C)C)cc(C(C)(C)C)c1N1CN(c2cccc(Oc3ccc4c5ccc6sc7ccccc7c6c5n(-c5cc(C(C)(C)C)ccn5)c4c3)c2)c2c1oc1ccccc21. The van der Waals surface area contributed by atoms with Crippen LogP contribution in [0.5, 0.6) is 11.5 Å². The zero-order valence-electron chi connectivity index (χ0n) is 38.4. The van der Waals surface area contributed by atoms with Crippen molar-refractivity contribution in [1.29, 1.82) is 0 Å². The average Bonchev–Trinajstić information content (AvgIpc) is 4.01. The molecule has 5 heterocycles. The molecule has 64 heavy (non-hydrogen) atoms. The summed E-state index contributed by atoms with van der Waals surface area (Å²) in [6.45, 7) is 23.4. The number of ether oxygens (including phenoxy) is 1. The lowest BCUT2D eigenvalue weighted by Crippen LogP contribution is -2.28. The number of fused-ring (bicyclic) bond motifs is 10. The Hall–Kier alpha value is -6.57. The van der Waals surface area contributed by atoms with E-state index in [0.717, 1.165) is 56.4 Å². The van der Waals surface area contributed by atoms with Crippen molar-refractivity contribution >= 4 is 87.2 Å². The highest BCUT2D eigenvalue weighted by molar-refractivity contribution is 7.26. The molecule has 0 bridgehead atoms. The number of anilines is 4. The van der Waals surface area contributed by atoms with Crippen LogP contribution in [0.25, 0.3) is 58.8 Å². The average molecular weight is 859 g/mol. The van der Waals surface area contributed by atoms with Gasteiger partial charge in [0, 0.05) is 60.3 Å². The van der Waals surface area contributed by atoms with Gasteiger partial charge in [-0.2, -0.15) is 0 Å². The first kappa shape index (κ1) is 40.2. The van der Waals surface area contributed by atoms with Gasteiger partial charge in [-0.3, -0.25) is 9.47 Å². The van der Waals surface area contributed by atoms with Gasteiger partial charge in [-0.15, -0.1) is 11.3 Å². The number of hydrogen-bond donors (Lipinski definition) is 0. The lowest BCUT2D eigenvalue weighted by molar-refractivity contribution is 0.483. The molecule has 0 amide bonds. The maximum Gasteiger partial charge on any atom is 0.226 e. The molecule has 0 saturated carbocycles. The molecule has 0 N–H and O–H groups in total. The smallest absolute Gasteiger partial charge is 0.226 e. The van der Waals surface area contributed by atoms with Gasteiger partial charge in [0.25, 0.3) is 0 Å². The Labute approximate surface area is 379 Å². The van der Waals surface area contributed by atoms with Crippen molar-refractivity contribution in [2.45, 2.75) is 85.5 Å². The molecule has 11 rings (SSSR count). The molecule has 1 aliphatic heterocycles. The Kier molecular flexibility index (Phi) is 8.94. The fourth-order valence-electron chi connectivity index (χ4n) is 9.72. The molecule has 0 radical (unpaired) electrons. The number of hydrogen-bond acceptors (Lipinski definition) is 6. The van der Waals surface area contributed by atoms with Crippen molar-refractivity contribution in [3.8, 4) is 17.3 Å². The summed E-state index contributed by atoms with van der Waals surface area (Å²) in [6.07, 6.45) is 1.95. The number of rotatable bonds is 5. The summed E-state index contributed by atoms with van der Waals surface area (Å²) in [5.74, 6) is 3.27. The molecule has 7 heteroatoms. The van der Waals surface area contributed by atoms with Crippen LogP contribution in [0.4, 0.5) is 22.9 Å². The highest BCUT2D eigenvalue weighted by atomic mass is 32.1. The van der Waals surface area contributed by atoms with Gasteiger partial charge < -0.3 is 14.1 Å². The first-order chi connectivity index (χ1) is 30.5. The molecule has 0 atom stereocenters. The second kappa shape index (κ2) is 14.2. The molecule has 0 spiro atoms. The minimum absolute atomic E-state index is 0.0199. The molecule has 6 nitrogen and oxygen atoms in total. The van der Waals surface area contributed by atoms with Crippen LogP contribution in [0, 0.1) is 6.92 Å². The second-order valence-corrected chi connectivity index (χ2v) is 21.7. The predicted octanol–water partition coefficient (Wildman–Crippen LogP) is 16.5. The molecule has 0 fully saturated rings. The van der Waals surface area contributed by atoms with Gasteiger partial charge in [-0.25, -0.2) is 4.98 Å². The van der Waals surface area contributed by atoms with Gasteiger partial charge in [0.15, 0.2) is 0 Å². The molecule has 10 aromatic rings. The number of furan rings is 1. The largest absolute Gasteiger partial charge is 0.457 e. The number of pyridine rings is 1. The lowest BCUT2D eigenvalue weighted by Gasteiger charge is -2.33. The van der Waals surface area contributed by atoms with Crippen LogP contribution >= 0.6 is 11.3 Å². The van der Waals surface area contributed by atoms with E-state index >= 15 is 0 Å². The predicted molar refractivity (Wildman–Crippen MR) is 271 cm³/mol. The van der Waals surface area contributed by atoms with E-state index in [0.29, 0.717) is 6.67 Å². The van der Waals surface area contributed by atoms with Crippen molar-refractivity contribution in [3.63, 3.8) is 0 Å². The maximum atomic E-state index is 6.90. The molecule has 6 aromatic carbocycles. The van der Waals surface area contributed by atoms with Crippen LogP contribution in [0.2, 0.25) is 0 Å². The minimum Gasteiger partial charge on any atom is -0.457 e. The van der Waals surface area contributed by atoms with Gasteiger partial charge >= 0.3 is 0 Å². The van der Waals surface area contributed by atoms with Crippen LogP contribution < -0.4 is 14.5 Å². The molecule has 0 unspecified atom stereocenters. The molecule has 1 aliphatic rings. The second-order valence-electron chi connectivity index (χ2n) is 20.6. The standard InChI is InChI=1S/C57H54N4O2S/c1-34-28-36(56(5,6)7)29-44(57(8,9)10)51(34)60-33-59(53-42-18-11-13-20-46(42)63-54(53)60)37-16-15-17-38(31-37)62-39-22-23-40-41-24-25-48-50(43-19-12-14-21-47(43)64-48)52(41)61(45(40)32-39)49-30-35(26-27-58-49)55(2,3)4/h11-32H,33H2,1-10H3. The van der Waals surface area contributed by atoms with E-state index in [1.54, 1.807) is 0 Å². The zero-order chi connectivity index (χ0) is 44.4. The zero-order valence-corrected chi connectivity index (χ0v) is 39.2. The quantitative estimate of drug-likeness (QED) is 0.173. The van der Waals surface area contributed by atoms with E-state index in [1.807, 2.05) is 29.7 Å². The first-order valence-electron chi connectivity index (χ1n) is 22.4. The molecule has 0 saturated heterocycles. The van der Waals surface area contributed by atoms with Gasteiger partial charge in [-0.1, -0.05) is 117 Å². The fourth-order valence-corrected chi connectivity index (χ4v) is 10.8. The van der Waals surface area contributed by atoms with E-state index in [9.17, 15) is 0 Å². The molecule has 0 aliphatic carbocycles. The van der Waals surface area contributed by atoms with Crippen molar-refractivity contribution in [2.75, 3.05) is 16.5 Å². The van der Waals surface area contributed by atoms with Crippen LogP contribution in [0.15, 0.2) is 138 Å². The van der Waals surface area contributed by atoms with Crippen molar-refractivity contribution in [3.05, 3.63) is 156 Å². The van der Waals surface area contributed by atoms with E-state index in [4.69, 9.17) is 14.1 Å². The third-order valence-electron chi connectivity index (χ3n) is 13.0. The Bertz CT molecular complexity index is 3490. The number of aromatic nitrogens is 2. The van der Waals surface area contributed by atoms with Gasteiger partial charge in [0.1, 0.15) is 35.3 Å². The van der Waals surface area contributed by atoms with Gasteiger partial charge in [0.05, 0.1) is 16.7 Å². The van der Waals surface area contributed by atoms with Gasteiger partial charge in [0.2, 0.25) is 5.88 Å². The molecule has 4 aromatic heterocycles. The third kappa shape index (κ3) is 6.46. The van der Waals surface area contributed by atoms with Crippen LogP contribution in [0.3, 0.4) is 0 Å². The van der Waals surface area contributed by atoms with Crippen molar-refractivity contribution in [1.82, 2.24) is 9.55 Å². The van der Waals surface area contributed by atoms with Crippen LogP contribution in [0.1, 0.15) is 84.6 Å². The number of para-hydroxylation sites is 1. The topological polar surface area (TPSA) is 46.7 Å².